The highest BCUT2D eigenvalue weighted by atomic mass is 32.2. The number of nitrogens with zero attached hydrogens (tertiary/aromatic N) is 1. The Kier molecular flexibility index (Phi) is 14.2. The maximum absolute atomic E-state index is 12.3. The molecule has 0 spiro atoms. The van der Waals surface area contributed by atoms with Gasteiger partial charge in [0.15, 0.2) is 5.96 Å². The molecule has 4 amide bonds. The van der Waals surface area contributed by atoms with Crippen LogP contribution in [0.15, 0.2) is 4.99 Å². The van der Waals surface area contributed by atoms with Crippen LogP contribution in [0.25, 0.3) is 0 Å². The van der Waals surface area contributed by atoms with E-state index >= 15 is 0 Å². The number of amides is 4. The van der Waals surface area contributed by atoms with E-state index < -0.39 is 60.7 Å². The fourth-order valence-corrected chi connectivity index (χ4v) is 2.84. The van der Waals surface area contributed by atoms with Crippen LogP contribution < -0.4 is 38.9 Å². The van der Waals surface area contributed by atoms with E-state index in [1.165, 1.54) is 11.8 Å². The molecule has 15 heteroatoms. The van der Waals surface area contributed by atoms with Gasteiger partial charge in [0.2, 0.25) is 23.6 Å². The average molecular weight is 477 g/mol. The largest absolute Gasteiger partial charge is 0.480 e. The normalized spacial score (nSPS) is 13.2. The summed E-state index contributed by atoms with van der Waals surface area (Å²) in [4.78, 5) is 62.8. The van der Waals surface area contributed by atoms with Crippen molar-refractivity contribution >= 4 is 47.3 Å². The number of aliphatic imine (C=N–C) groups is 1. The summed E-state index contributed by atoms with van der Waals surface area (Å²) in [6.07, 6.45) is 2.09. The van der Waals surface area contributed by atoms with Crippen LogP contribution in [0, 0.1) is 0 Å². The van der Waals surface area contributed by atoms with Crippen LogP contribution in [-0.2, 0) is 24.0 Å². The minimum absolute atomic E-state index is 0.0934. The lowest BCUT2D eigenvalue weighted by molar-refractivity contribution is -0.141. The molecule has 0 saturated heterocycles. The molecule has 0 aromatic carbocycles. The number of carboxylic acids is 1. The van der Waals surface area contributed by atoms with Gasteiger partial charge in [-0.05, 0) is 31.3 Å². The summed E-state index contributed by atoms with van der Waals surface area (Å²) in [5.41, 5.74) is 21.3. The van der Waals surface area contributed by atoms with Crippen molar-refractivity contribution in [3.05, 3.63) is 0 Å². The van der Waals surface area contributed by atoms with Crippen molar-refractivity contribution in [3.8, 4) is 0 Å². The number of carbonyl (C=O) groups is 5. The summed E-state index contributed by atoms with van der Waals surface area (Å²) in [6, 6.07) is -3.46. The monoisotopic (exact) mass is 476 g/mol. The Morgan fingerprint density at radius 2 is 1.66 bits per heavy atom. The highest BCUT2D eigenvalue weighted by Crippen LogP contribution is 2.01. The van der Waals surface area contributed by atoms with Gasteiger partial charge in [0.1, 0.15) is 12.1 Å². The number of rotatable bonds is 16. The summed E-state index contributed by atoms with van der Waals surface area (Å²) < 4.78 is 0. The van der Waals surface area contributed by atoms with Crippen LogP contribution in [0.1, 0.15) is 25.7 Å². The lowest BCUT2D eigenvalue weighted by Gasteiger charge is -2.20. The third-order valence-corrected chi connectivity index (χ3v) is 4.65. The van der Waals surface area contributed by atoms with Gasteiger partial charge in [0.05, 0.1) is 19.0 Å². The molecule has 0 bridgehead atoms. The van der Waals surface area contributed by atoms with E-state index in [1.54, 1.807) is 6.26 Å². The molecule has 0 aromatic heterocycles. The van der Waals surface area contributed by atoms with Gasteiger partial charge < -0.3 is 44.0 Å². The predicted molar refractivity (Wildman–Crippen MR) is 119 cm³/mol. The molecule has 0 rings (SSSR count). The smallest absolute Gasteiger partial charge is 0.326 e. The molecule has 14 nitrogen and oxygen atoms in total. The maximum atomic E-state index is 12.3. The van der Waals surface area contributed by atoms with E-state index in [2.05, 4.69) is 20.9 Å². The number of hydrogen-bond acceptors (Lipinski definition) is 8. The van der Waals surface area contributed by atoms with Crippen molar-refractivity contribution in [3.63, 3.8) is 0 Å². The van der Waals surface area contributed by atoms with Crippen molar-refractivity contribution in [2.24, 2.45) is 27.9 Å². The van der Waals surface area contributed by atoms with E-state index in [0.29, 0.717) is 12.2 Å². The third kappa shape index (κ3) is 13.3. The molecule has 0 heterocycles. The first-order valence-electron chi connectivity index (χ1n) is 9.66. The van der Waals surface area contributed by atoms with E-state index in [9.17, 15) is 24.0 Å². The highest BCUT2D eigenvalue weighted by Gasteiger charge is 2.26. The topological polar surface area (TPSA) is 258 Å². The van der Waals surface area contributed by atoms with Crippen molar-refractivity contribution < 1.29 is 29.1 Å². The van der Waals surface area contributed by atoms with Crippen LogP contribution in [0.3, 0.4) is 0 Å². The SMILES string of the molecule is CSCCC(NC(=O)CNC(=O)C(CC(N)=O)NC(=O)C(N)CCCN=C(N)N)C(=O)O. The molecule has 12 N–H and O–H groups in total. The molecule has 0 aliphatic carbocycles. The Balaban J connectivity index is 4.78. The molecule has 0 saturated carbocycles. The first kappa shape index (κ1) is 28.9. The van der Waals surface area contributed by atoms with Crippen LogP contribution in [0.2, 0.25) is 0 Å². The molecule has 3 unspecified atom stereocenters. The molecule has 182 valence electrons. The summed E-state index contributed by atoms with van der Waals surface area (Å²) in [7, 11) is 0. The molecule has 32 heavy (non-hydrogen) atoms. The average Bonchev–Trinajstić information content (AvgIpc) is 2.70. The first-order chi connectivity index (χ1) is 15.0. The number of nitrogens with two attached hydrogens (primary N) is 4. The summed E-state index contributed by atoms with van der Waals surface area (Å²) in [5.74, 6) is -3.94. The van der Waals surface area contributed by atoms with E-state index in [-0.39, 0.29) is 25.3 Å². The Labute approximate surface area is 189 Å². The van der Waals surface area contributed by atoms with Crippen molar-refractivity contribution in [2.45, 2.75) is 43.8 Å². The minimum Gasteiger partial charge on any atom is -0.480 e. The number of hydrogen-bond donors (Lipinski definition) is 8. The van der Waals surface area contributed by atoms with Gasteiger partial charge in [0.25, 0.3) is 0 Å². The maximum Gasteiger partial charge on any atom is 0.326 e. The molecule has 0 aromatic rings. The molecule has 3 atom stereocenters. The minimum atomic E-state index is -1.36. The second kappa shape index (κ2) is 15.7. The fourth-order valence-electron chi connectivity index (χ4n) is 2.37. The van der Waals surface area contributed by atoms with E-state index in [1.807, 2.05) is 0 Å². The third-order valence-electron chi connectivity index (χ3n) is 4.01. The Hall–Kier alpha value is -3.07. The van der Waals surface area contributed by atoms with Gasteiger partial charge in [-0.15, -0.1) is 0 Å². The Bertz CT molecular complexity index is 701. The first-order valence-corrected chi connectivity index (χ1v) is 11.1. The summed E-state index contributed by atoms with van der Waals surface area (Å²) >= 11 is 1.42. The van der Waals surface area contributed by atoms with Gasteiger partial charge in [-0.1, -0.05) is 0 Å². The highest BCUT2D eigenvalue weighted by molar-refractivity contribution is 7.98. The van der Waals surface area contributed by atoms with Gasteiger partial charge in [-0.25, -0.2) is 4.79 Å². The van der Waals surface area contributed by atoms with Gasteiger partial charge >= 0.3 is 5.97 Å². The van der Waals surface area contributed by atoms with Gasteiger partial charge in [0, 0.05) is 6.54 Å². The van der Waals surface area contributed by atoms with Crippen molar-refractivity contribution in [1.29, 1.82) is 0 Å². The zero-order valence-corrected chi connectivity index (χ0v) is 18.7. The lowest BCUT2D eigenvalue weighted by atomic mass is 10.1. The molecular weight excluding hydrogens is 444 g/mol. The molecule has 0 fully saturated rings. The number of guanidine groups is 1. The number of carboxylic acid groups (broad SMARTS) is 1. The van der Waals surface area contributed by atoms with Gasteiger partial charge in [-0.2, -0.15) is 11.8 Å². The number of nitrogens with one attached hydrogen (secondary N) is 3. The zero-order valence-electron chi connectivity index (χ0n) is 17.8. The Morgan fingerprint density at radius 1 is 1.00 bits per heavy atom. The quantitative estimate of drug-likeness (QED) is 0.0611. The number of aliphatic carboxylic acids is 1. The molecule has 0 aliphatic rings. The standard InChI is InChI=1S/C17H32N8O6S/c1-32-6-4-10(16(30)31)24-13(27)8-23-15(29)11(7-12(19)26)25-14(28)9(18)3-2-5-22-17(20)21/h9-11H,2-8,18H2,1H3,(H2,19,26)(H,23,29)(H,24,27)(H,25,28)(H,30,31)(H4,20,21,22). The lowest BCUT2D eigenvalue weighted by Crippen LogP contribution is -2.54. The van der Waals surface area contributed by atoms with Gasteiger partial charge in [-0.3, -0.25) is 24.2 Å². The summed E-state index contributed by atoms with van der Waals surface area (Å²) in [5, 5.41) is 16.0. The number of carbonyl (C=O) groups excluding carboxylic acids is 4. The van der Waals surface area contributed by atoms with Crippen molar-refractivity contribution in [1.82, 2.24) is 16.0 Å². The van der Waals surface area contributed by atoms with Crippen LogP contribution in [0.5, 0.6) is 0 Å². The predicted octanol–water partition coefficient (Wildman–Crippen LogP) is -3.83. The van der Waals surface area contributed by atoms with Crippen LogP contribution in [-0.4, -0.2) is 83.9 Å². The molecular formula is C17H32N8O6S. The van der Waals surface area contributed by atoms with Crippen LogP contribution in [0.4, 0.5) is 0 Å². The summed E-state index contributed by atoms with van der Waals surface area (Å²) in [6.45, 7) is -0.296. The molecule has 0 aliphatic heterocycles. The zero-order chi connectivity index (χ0) is 24.7. The van der Waals surface area contributed by atoms with E-state index in [4.69, 9.17) is 28.0 Å². The fraction of sp³-hybridized carbons (Fsp3) is 0.647. The van der Waals surface area contributed by atoms with Crippen LogP contribution >= 0.6 is 11.8 Å². The number of primary amides is 1. The second-order valence-corrected chi connectivity index (χ2v) is 7.73. The van der Waals surface area contributed by atoms with E-state index in [0.717, 1.165) is 0 Å². The Morgan fingerprint density at radius 3 is 2.19 bits per heavy atom. The second-order valence-electron chi connectivity index (χ2n) is 6.74. The van der Waals surface area contributed by atoms with Crippen molar-refractivity contribution in [2.75, 3.05) is 25.1 Å². The molecule has 0 radical (unpaired) electrons. The number of thioether (sulfide) groups is 1.